The van der Waals surface area contributed by atoms with E-state index in [1.807, 2.05) is 50.5 Å². The number of fused-ring (bicyclic) bond motifs is 1. The number of aryl methyl sites for hydroxylation is 2. The number of hydrogen-bond donors (Lipinski definition) is 2. The molecule has 3 rings (SSSR count). The summed E-state index contributed by atoms with van der Waals surface area (Å²) < 4.78 is 7.32. The van der Waals surface area contributed by atoms with E-state index in [-0.39, 0.29) is 6.61 Å². The highest BCUT2D eigenvalue weighted by Crippen LogP contribution is 2.16. The summed E-state index contributed by atoms with van der Waals surface area (Å²) in [4.78, 5) is 4.45. The zero-order valence-corrected chi connectivity index (χ0v) is 13.9. The number of para-hydroxylation sites is 1. The Morgan fingerprint density at radius 1 is 1.29 bits per heavy atom. The highest BCUT2D eigenvalue weighted by atomic mass is 16.5. The zero-order chi connectivity index (χ0) is 16.9. The van der Waals surface area contributed by atoms with Gasteiger partial charge in [-0.1, -0.05) is 18.2 Å². The van der Waals surface area contributed by atoms with E-state index in [4.69, 9.17) is 4.74 Å². The molecule has 0 saturated heterocycles. The average Bonchev–Trinajstić information content (AvgIpc) is 2.88. The van der Waals surface area contributed by atoms with Gasteiger partial charge in [-0.25, -0.2) is 4.98 Å². The first kappa shape index (κ1) is 16.4. The second-order valence-electron chi connectivity index (χ2n) is 5.83. The van der Waals surface area contributed by atoms with Gasteiger partial charge in [-0.15, -0.1) is 0 Å². The molecule has 126 valence electrons. The molecule has 0 radical (unpaired) electrons. The van der Waals surface area contributed by atoms with Crippen LogP contribution < -0.4 is 10.1 Å². The van der Waals surface area contributed by atoms with Crippen LogP contribution in [0.1, 0.15) is 11.3 Å². The summed E-state index contributed by atoms with van der Waals surface area (Å²) >= 11 is 0. The number of aliphatic hydroxyl groups is 1. The normalized spacial score (nSPS) is 12.5. The van der Waals surface area contributed by atoms with Crippen molar-refractivity contribution in [2.45, 2.75) is 19.6 Å². The van der Waals surface area contributed by atoms with Gasteiger partial charge in [0.25, 0.3) is 0 Å². The van der Waals surface area contributed by atoms with Crippen LogP contribution in [0.25, 0.3) is 11.0 Å². The van der Waals surface area contributed by atoms with E-state index < -0.39 is 6.10 Å². The second-order valence-corrected chi connectivity index (χ2v) is 5.83. The van der Waals surface area contributed by atoms with Gasteiger partial charge in [-0.2, -0.15) is 5.10 Å². The van der Waals surface area contributed by atoms with Gasteiger partial charge < -0.3 is 15.2 Å². The van der Waals surface area contributed by atoms with Crippen LogP contribution in [0.5, 0.6) is 5.75 Å². The number of rotatable bonds is 7. The number of nitrogens with one attached hydrogen (secondary N) is 1. The number of aromatic nitrogens is 3. The molecule has 1 aromatic carbocycles. The van der Waals surface area contributed by atoms with E-state index in [0.717, 1.165) is 28.0 Å². The van der Waals surface area contributed by atoms with Gasteiger partial charge in [0.15, 0.2) is 5.65 Å². The Morgan fingerprint density at radius 3 is 2.88 bits per heavy atom. The first-order valence-electron chi connectivity index (χ1n) is 7.98. The maximum atomic E-state index is 9.99. The zero-order valence-electron chi connectivity index (χ0n) is 13.9. The highest BCUT2D eigenvalue weighted by Gasteiger charge is 2.08. The number of nitrogens with zero attached hydrogens (tertiary/aromatic N) is 3. The van der Waals surface area contributed by atoms with Crippen molar-refractivity contribution in [3.63, 3.8) is 0 Å². The maximum absolute atomic E-state index is 9.99. The topological polar surface area (TPSA) is 72.2 Å². The second kappa shape index (κ2) is 7.42. The van der Waals surface area contributed by atoms with Gasteiger partial charge in [0, 0.05) is 31.7 Å². The van der Waals surface area contributed by atoms with Crippen LogP contribution in [0.3, 0.4) is 0 Å². The average molecular weight is 326 g/mol. The molecule has 0 spiro atoms. The summed E-state index contributed by atoms with van der Waals surface area (Å²) in [5.41, 5.74) is 2.92. The Hall–Kier alpha value is -2.44. The Labute approximate surface area is 141 Å². The van der Waals surface area contributed by atoms with Gasteiger partial charge in [0.05, 0.1) is 5.69 Å². The molecule has 0 aliphatic carbocycles. The smallest absolute Gasteiger partial charge is 0.157 e. The molecule has 3 aromatic rings. The molecular weight excluding hydrogens is 304 g/mol. The summed E-state index contributed by atoms with van der Waals surface area (Å²) in [6.07, 6.45) is 1.27. The molecule has 0 saturated carbocycles. The van der Waals surface area contributed by atoms with Crippen molar-refractivity contribution in [1.29, 1.82) is 0 Å². The molecule has 2 aromatic heterocycles. The molecular formula is C18H22N4O2. The van der Waals surface area contributed by atoms with E-state index in [1.165, 1.54) is 0 Å². The minimum Gasteiger partial charge on any atom is -0.491 e. The Kier molecular flexibility index (Phi) is 5.08. The van der Waals surface area contributed by atoms with Crippen molar-refractivity contribution in [2.24, 2.45) is 7.05 Å². The molecule has 0 unspecified atom stereocenters. The van der Waals surface area contributed by atoms with Crippen molar-refractivity contribution in [1.82, 2.24) is 20.1 Å². The molecule has 24 heavy (non-hydrogen) atoms. The number of hydrogen-bond acceptors (Lipinski definition) is 5. The number of benzene rings is 1. The van der Waals surface area contributed by atoms with Crippen molar-refractivity contribution in [2.75, 3.05) is 13.2 Å². The molecule has 0 fully saturated rings. The third-order valence-electron chi connectivity index (χ3n) is 3.81. The van der Waals surface area contributed by atoms with Crippen LogP contribution in [-0.4, -0.2) is 39.1 Å². The van der Waals surface area contributed by atoms with Gasteiger partial charge in [0.2, 0.25) is 0 Å². The fourth-order valence-corrected chi connectivity index (χ4v) is 2.60. The summed E-state index contributed by atoms with van der Waals surface area (Å²) in [6.45, 7) is 3.33. The van der Waals surface area contributed by atoms with Crippen LogP contribution in [-0.2, 0) is 13.6 Å². The summed E-state index contributed by atoms with van der Waals surface area (Å²) in [6, 6.07) is 11.6. The largest absolute Gasteiger partial charge is 0.491 e. The standard InChI is InChI=1S/C18H22N4O2/c1-13-17-8-14(10-20-18(17)22(2)21-13)9-19-11-15(23)12-24-16-6-4-3-5-7-16/h3-8,10,15,19,23H,9,11-12H2,1-2H3/t15-/m1/s1. The van der Waals surface area contributed by atoms with Crippen molar-refractivity contribution >= 4 is 11.0 Å². The Bertz CT molecular complexity index is 801. The van der Waals surface area contributed by atoms with Crippen molar-refractivity contribution < 1.29 is 9.84 Å². The van der Waals surface area contributed by atoms with Crippen LogP contribution >= 0.6 is 0 Å². The predicted octanol–water partition coefficient (Wildman–Crippen LogP) is 1.81. The van der Waals surface area contributed by atoms with Crippen LogP contribution in [0.15, 0.2) is 42.6 Å². The summed E-state index contributed by atoms with van der Waals surface area (Å²) in [7, 11) is 1.89. The molecule has 6 heteroatoms. The highest BCUT2D eigenvalue weighted by molar-refractivity contribution is 5.78. The fourth-order valence-electron chi connectivity index (χ4n) is 2.60. The molecule has 0 bridgehead atoms. The monoisotopic (exact) mass is 326 g/mol. The third-order valence-corrected chi connectivity index (χ3v) is 3.81. The van der Waals surface area contributed by atoms with Crippen LogP contribution in [0.4, 0.5) is 0 Å². The molecule has 0 aliphatic rings. The minimum absolute atomic E-state index is 0.260. The lowest BCUT2D eigenvalue weighted by atomic mass is 10.2. The first-order chi connectivity index (χ1) is 11.6. The lowest BCUT2D eigenvalue weighted by molar-refractivity contribution is 0.106. The molecule has 1 atom stereocenters. The molecule has 0 aliphatic heterocycles. The number of ether oxygens (including phenoxy) is 1. The first-order valence-corrected chi connectivity index (χ1v) is 7.98. The van der Waals surface area contributed by atoms with Gasteiger partial charge >= 0.3 is 0 Å². The van der Waals surface area contributed by atoms with Gasteiger partial charge in [-0.3, -0.25) is 4.68 Å². The molecule has 2 N–H and O–H groups in total. The Morgan fingerprint density at radius 2 is 2.08 bits per heavy atom. The molecule has 6 nitrogen and oxygen atoms in total. The third kappa shape index (κ3) is 3.90. The van der Waals surface area contributed by atoms with Crippen LogP contribution in [0.2, 0.25) is 0 Å². The number of aliphatic hydroxyl groups excluding tert-OH is 1. The fraction of sp³-hybridized carbons (Fsp3) is 0.333. The Balaban J connectivity index is 1.48. The van der Waals surface area contributed by atoms with Gasteiger partial charge in [-0.05, 0) is 30.7 Å². The molecule has 0 amide bonds. The van der Waals surface area contributed by atoms with Crippen molar-refractivity contribution in [3.05, 3.63) is 53.9 Å². The number of pyridine rings is 1. The lowest BCUT2D eigenvalue weighted by Crippen LogP contribution is -2.31. The summed E-state index contributed by atoms with van der Waals surface area (Å²) in [5, 5.41) is 18.7. The van der Waals surface area contributed by atoms with Crippen LogP contribution in [0, 0.1) is 6.92 Å². The summed E-state index contributed by atoms with van der Waals surface area (Å²) in [5.74, 6) is 0.762. The van der Waals surface area contributed by atoms with E-state index in [1.54, 1.807) is 4.68 Å². The van der Waals surface area contributed by atoms with E-state index in [9.17, 15) is 5.11 Å². The van der Waals surface area contributed by atoms with E-state index >= 15 is 0 Å². The SMILES string of the molecule is Cc1nn(C)c2ncc(CNC[C@@H](O)COc3ccccc3)cc12. The maximum Gasteiger partial charge on any atom is 0.157 e. The quantitative estimate of drug-likeness (QED) is 0.693. The van der Waals surface area contributed by atoms with E-state index in [2.05, 4.69) is 21.5 Å². The molecule has 2 heterocycles. The van der Waals surface area contributed by atoms with E-state index in [0.29, 0.717) is 13.1 Å². The van der Waals surface area contributed by atoms with Crippen molar-refractivity contribution in [3.8, 4) is 5.75 Å². The van der Waals surface area contributed by atoms with Gasteiger partial charge in [0.1, 0.15) is 18.5 Å². The lowest BCUT2D eigenvalue weighted by Gasteiger charge is -2.13. The minimum atomic E-state index is -0.568. The predicted molar refractivity (Wildman–Crippen MR) is 92.9 cm³/mol.